The minimum absolute atomic E-state index is 0.140. The SMILES string of the molecule is CCN(CC)CCCC(C)NC(=O)c1cc(N)ccn1. The summed E-state index contributed by atoms with van der Waals surface area (Å²) in [4.78, 5) is 18.4. The first-order valence-corrected chi connectivity index (χ1v) is 7.31. The van der Waals surface area contributed by atoms with Crippen molar-refractivity contribution in [3.8, 4) is 0 Å². The van der Waals surface area contributed by atoms with E-state index in [0.29, 0.717) is 11.4 Å². The van der Waals surface area contributed by atoms with Crippen LogP contribution in [0.5, 0.6) is 0 Å². The zero-order chi connectivity index (χ0) is 15.0. The van der Waals surface area contributed by atoms with Gasteiger partial charge in [-0.25, -0.2) is 0 Å². The van der Waals surface area contributed by atoms with Gasteiger partial charge in [-0.15, -0.1) is 0 Å². The minimum atomic E-state index is -0.160. The highest BCUT2D eigenvalue weighted by Gasteiger charge is 2.11. The normalized spacial score (nSPS) is 12.4. The van der Waals surface area contributed by atoms with E-state index in [0.717, 1.165) is 32.5 Å². The fourth-order valence-electron chi connectivity index (χ4n) is 2.10. The minimum Gasteiger partial charge on any atom is -0.399 e. The molecule has 0 saturated carbocycles. The molecule has 1 amide bonds. The van der Waals surface area contributed by atoms with E-state index in [1.54, 1.807) is 18.3 Å². The lowest BCUT2D eigenvalue weighted by molar-refractivity contribution is 0.0932. The summed E-state index contributed by atoms with van der Waals surface area (Å²) in [6.45, 7) is 9.57. The lowest BCUT2D eigenvalue weighted by Crippen LogP contribution is -2.34. The van der Waals surface area contributed by atoms with Crippen molar-refractivity contribution in [2.45, 2.75) is 39.7 Å². The number of carbonyl (C=O) groups is 1. The van der Waals surface area contributed by atoms with Crippen molar-refractivity contribution in [1.82, 2.24) is 15.2 Å². The number of nitrogen functional groups attached to an aromatic ring is 1. The van der Waals surface area contributed by atoms with Crippen LogP contribution in [-0.2, 0) is 0 Å². The molecule has 0 aromatic carbocycles. The summed E-state index contributed by atoms with van der Waals surface area (Å²) in [6.07, 6.45) is 3.59. The van der Waals surface area contributed by atoms with Crippen LogP contribution in [0.25, 0.3) is 0 Å². The van der Waals surface area contributed by atoms with Gasteiger partial charge in [0.1, 0.15) is 5.69 Å². The number of nitrogens with two attached hydrogens (primary N) is 1. The van der Waals surface area contributed by atoms with Gasteiger partial charge >= 0.3 is 0 Å². The second-order valence-electron chi connectivity index (χ2n) is 5.02. The monoisotopic (exact) mass is 278 g/mol. The average Bonchev–Trinajstić information content (AvgIpc) is 2.43. The number of aromatic nitrogens is 1. The molecule has 5 heteroatoms. The van der Waals surface area contributed by atoms with Crippen LogP contribution in [0.15, 0.2) is 18.3 Å². The molecule has 1 atom stereocenters. The number of nitrogens with zero attached hydrogens (tertiary/aromatic N) is 2. The van der Waals surface area contributed by atoms with Crippen LogP contribution >= 0.6 is 0 Å². The standard InChI is InChI=1S/C15H26N4O/c1-4-19(5-2)10-6-7-12(3)18-15(20)14-11-13(16)8-9-17-14/h8-9,11-12H,4-7,10H2,1-3H3,(H2,16,17)(H,18,20). The first kappa shape index (κ1) is 16.4. The van der Waals surface area contributed by atoms with Crippen LogP contribution in [0.2, 0.25) is 0 Å². The van der Waals surface area contributed by atoms with Gasteiger partial charge in [0.15, 0.2) is 0 Å². The van der Waals surface area contributed by atoms with E-state index in [-0.39, 0.29) is 11.9 Å². The number of hydrogen-bond donors (Lipinski definition) is 2. The van der Waals surface area contributed by atoms with Gasteiger partial charge in [0, 0.05) is 17.9 Å². The molecule has 1 rings (SSSR count). The Balaban J connectivity index is 2.35. The van der Waals surface area contributed by atoms with Gasteiger partial charge in [-0.05, 0) is 51.5 Å². The first-order valence-electron chi connectivity index (χ1n) is 7.31. The molecule has 0 radical (unpaired) electrons. The van der Waals surface area contributed by atoms with Crippen LogP contribution in [0.3, 0.4) is 0 Å². The van der Waals surface area contributed by atoms with Crippen molar-refractivity contribution >= 4 is 11.6 Å². The molecule has 20 heavy (non-hydrogen) atoms. The van der Waals surface area contributed by atoms with Crippen LogP contribution in [0.1, 0.15) is 44.1 Å². The Morgan fingerprint density at radius 1 is 1.45 bits per heavy atom. The average molecular weight is 278 g/mol. The van der Waals surface area contributed by atoms with Crippen molar-refractivity contribution in [3.05, 3.63) is 24.0 Å². The van der Waals surface area contributed by atoms with Gasteiger partial charge in [0.2, 0.25) is 0 Å². The maximum Gasteiger partial charge on any atom is 0.270 e. The second kappa shape index (κ2) is 8.53. The van der Waals surface area contributed by atoms with Gasteiger partial charge in [-0.2, -0.15) is 0 Å². The summed E-state index contributed by atoms with van der Waals surface area (Å²) in [5, 5.41) is 2.96. The third-order valence-corrected chi connectivity index (χ3v) is 3.40. The molecular formula is C15H26N4O. The zero-order valence-corrected chi connectivity index (χ0v) is 12.7. The Bertz CT molecular complexity index is 418. The molecule has 3 N–H and O–H groups in total. The molecule has 1 heterocycles. The lowest BCUT2D eigenvalue weighted by atomic mass is 10.1. The predicted octanol–water partition coefficient (Wildman–Crippen LogP) is 1.90. The highest BCUT2D eigenvalue weighted by Crippen LogP contribution is 2.05. The summed E-state index contributed by atoms with van der Waals surface area (Å²) in [5.41, 5.74) is 6.58. The smallest absolute Gasteiger partial charge is 0.270 e. The maximum atomic E-state index is 12.0. The number of anilines is 1. The summed E-state index contributed by atoms with van der Waals surface area (Å²) in [7, 11) is 0. The zero-order valence-electron chi connectivity index (χ0n) is 12.7. The Morgan fingerprint density at radius 3 is 2.75 bits per heavy atom. The van der Waals surface area contributed by atoms with Gasteiger partial charge in [-0.1, -0.05) is 13.8 Å². The van der Waals surface area contributed by atoms with E-state index in [1.807, 2.05) is 6.92 Å². The molecule has 0 saturated heterocycles. The number of hydrogen-bond acceptors (Lipinski definition) is 4. The quantitative estimate of drug-likeness (QED) is 0.762. The number of nitrogens with one attached hydrogen (secondary N) is 1. The van der Waals surface area contributed by atoms with E-state index in [1.165, 1.54) is 0 Å². The van der Waals surface area contributed by atoms with Crippen LogP contribution < -0.4 is 11.1 Å². The van der Waals surface area contributed by atoms with Gasteiger partial charge in [-0.3, -0.25) is 9.78 Å². The molecule has 0 fully saturated rings. The molecule has 1 unspecified atom stereocenters. The van der Waals surface area contributed by atoms with Crippen LogP contribution in [0.4, 0.5) is 5.69 Å². The third kappa shape index (κ3) is 5.57. The van der Waals surface area contributed by atoms with E-state index < -0.39 is 0 Å². The largest absolute Gasteiger partial charge is 0.399 e. The van der Waals surface area contributed by atoms with E-state index in [2.05, 4.69) is 29.0 Å². The van der Waals surface area contributed by atoms with Crippen LogP contribution in [0, 0.1) is 0 Å². The highest BCUT2D eigenvalue weighted by molar-refractivity contribution is 5.93. The maximum absolute atomic E-state index is 12.0. The third-order valence-electron chi connectivity index (χ3n) is 3.40. The molecular weight excluding hydrogens is 252 g/mol. The van der Waals surface area contributed by atoms with Crippen molar-refractivity contribution in [2.24, 2.45) is 0 Å². The summed E-state index contributed by atoms with van der Waals surface area (Å²) >= 11 is 0. The highest BCUT2D eigenvalue weighted by atomic mass is 16.1. The lowest BCUT2D eigenvalue weighted by Gasteiger charge is -2.19. The predicted molar refractivity (Wildman–Crippen MR) is 82.6 cm³/mol. The molecule has 5 nitrogen and oxygen atoms in total. The Kier molecular flexibility index (Phi) is 7.01. The van der Waals surface area contributed by atoms with E-state index in [9.17, 15) is 4.79 Å². The van der Waals surface area contributed by atoms with Crippen molar-refractivity contribution in [1.29, 1.82) is 0 Å². The van der Waals surface area contributed by atoms with Crippen molar-refractivity contribution < 1.29 is 4.79 Å². The molecule has 1 aromatic rings. The van der Waals surface area contributed by atoms with Crippen molar-refractivity contribution in [3.63, 3.8) is 0 Å². The first-order chi connectivity index (χ1) is 9.56. The molecule has 0 bridgehead atoms. The Labute approximate surface area is 121 Å². The number of carbonyl (C=O) groups excluding carboxylic acids is 1. The molecule has 112 valence electrons. The van der Waals surface area contributed by atoms with Crippen LogP contribution in [-0.4, -0.2) is 41.5 Å². The number of rotatable bonds is 8. The molecule has 0 spiro atoms. The Hall–Kier alpha value is -1.62. The van der Waals surface area contributed by atoms with Gasteiger partial charge in [0.25, 0.3) is 5.91 Å². The second-order valence-corrected chi connectivity index (χ2v) is 5.02. The topological polar surface area (TPSA) is 71.2 Å². The fraction of sp³-hybridized carbons (Fsp3) is 0.600. The number of pyridine rings is 1. The fourth-order valence-corrected chi connectivity index (χ4v) is 2.10. The van der Waals surface area contributed by atoms with E-state index in [4.69, 9.17) is 5.73 Å². The molecule has 0 aliphatic heterocycles. The summed E-state index contributed by atoms with van der Waals surface area (Å²) < 4.78 is 0. The molecule has 0 aliphatic carbocycles. The van der Waals surface area contributed by atoms with Gasteiger partial charge < -0.3 is 16.0 Å². The molecule has 0 aliphatic rings. The van der Waals surface area contributed by atoms with Crippen molar-refractivity contribution in [2.75, 3.05) is 25.4 Å². The number of amides is 1. The summed E-state index contributed by atoms with van der Waals surface area (Å²) in [5.74, 6) is -0.160. The van der Waals surface area contributed by atoms with E-state index >= 15 is 0 Å². The van der Waals surface area contributed by atoms with Gasteiger partial charge in [0.05, 0.1) is 0 Å². The Morgan fingerprint density at radius 2 is 2.15 bits per heavy atom. The summed E-state index contributed by atoms with van der Waals surface area (Å²) in [6, 6.07) is 3.41. The molecule has 1 aromatic heterocycles.